The summed E-state index contributed by atoms with van der Waals surface area (Å²) in [6.45, 7) is 1.64. The van der Waals surface area contributed by atoms with Gasteiger partial charge < -0.3 is 5.32 Å². The first kappa shape index (κ1) is 11.4. The molecular weight excluding hydrogens is 205 g/mol. The molecule has 0 aliphatic heterocycles. The number of anilines is 1. The standard InChI is InChI=1S/C10H9F3N2/c1-6(2-3-14)15-10-5-8(12)7(11)4-9(10)13/h4-6,15H,2H2,1H3. The van der Waals surface area contributed by atoms with Gasteiger partial charge in [0.25, 0.3) is 0 Å². The molecule has 0 radical (unpaired) electrons. The lowest BCUT2D eigenvalue weighted by molar-refractivity contribution is 0.495. The highest BCUT2D eigenvalue weighted by Gasteiger charge is 2.11. The van der Waals surface area contributed by atoms with E-state index in [1.165, 1.54) is 0 Å². The van der Waals surface area contributed by atoms with Gasteiger partial charge in [0.05, 0.1) is 18.2 Å². The first-order valence-corrected chi connectivity index (χ1v) is 4.32. The highest BCUT2D eigenvalue weighted by Crippen LogP contribution is 2.19. The van der Waals surface area contributed by atoms with Crippen molar-refractivity contribution in [1.29, 1.82) is 5.26 Å². The Morgan fingerprint density at radius 1 is 1.27 bits per heavy atom. The first-order chi connectivity index (χ1) is 7.04. The molecule has 5 heteroatoms. The van der Waals surface area contributed by atoms with Crippen LogP contribution in [0.1, 0.15) is 13.3 Å². The minimum Gasteiger partial charge on any atom is -0.379 e. The number of nitrogens with one attached hydrogen (secondary N) is 1. The van der Waals surface area contributed by atoms with Crippen LogP contribution in [0.3, 0.4) is 0 Å². The SMILES string of the molecule is CC(CC#N)Nc1cc(F)c(F)cc1F. The van der Waals surface area contributed by atoms with Crippen LogP contribution in [-0.4, -0.2) is 6.04 Å². The van der Waals surface area contributed by atoms with Crippen molar-refractivity contribution in [2.24, 2.45) is 0 Å². The molecule has 15 heavy (non-hydrogen) atoms. The maximum absolute atomic E-state index is 13.1. The summed E-state index contributed by atoms with van der Waals surface area (Å²) in [5.74, 6) is -3.23. The molecule has 0 saturated heterocycles. The van der Waals surface area contributed by atoms with Crippen LogP contribution < -0.4 is 5.32 Å². The van der Waals surface area contributed by atoms with E-state index in [-0.39, 0.29) is 18.2 Å². The van der Waals surface area contributed by atoms with E-state index in [1.807, 2.05) is 6.07 Å². The zero-order valence-electron chi connectivity index (χ0n) is 8.02. The van der Waals surface area contributed by atoms with Gasteiger partial charge in [0.2, 0.25) is 0 Å². The van der Waals surface area contributed by atoms with Crippen molar-refractivity contribution in [1.82, 2.24) is 0 Å². The third kappa shape index (κ3) is 2.88. The Balaban J connectivity index is 2.87. The summed E-state index contributed by atoms with van der Waals surface area (Å²) in [4.78, 5) is 0. The van der Waals surface area contributed by atoms with Gasteiger partial charge in [0, 0.05) is 18.2 Å². The van der Waals surface area contributed by atoms with Crippen molar-refractivity contribution >= 4 is 5.69 Å². The molecule has 0 saturated carbocycles. The minimum atomic E-state index is -1.23. The minimum absolute atomic E-state index is 0.142. The molecule has 1 atom stereocenters. The Morgan fingerprint density at radius 2 is 1.87 bits per heavy atom. The van der Waals surface area contributed by atoms with Crippen LogP contribution in [0.15, 0.2) is 12.1 Å². The second kappa shape index (κ2) is 4.69. The molecule has 1 aromatic rings. The number of halogens is 3. The molecule has 0 fully saturated rings. The van der Waals surface area contributed by atoms with E-state index < -0.39 is 17.5 Å². The van der Waals surface area contributed by atoms with Gasteiger partial charge in [-0.15, -0.1) is 0 Å². The summed E-state index contributed by atoms with van der Waals surface area (Å²) in [7, 11) is 0. The number of nitriles is 1. The lowest BCUT2D eigenvalue weighted by atomic mass is 10.2. The fraction of sp³-hybridized carbons (Fsp3) is 0.300. The summed E-state index contributed by atoms with van der Waals surface area (Å²) in [6.07, 6.45) is 0.151. The molecule has 1 aromatic carbocycles. The second-order valence-corrected chi connectivity index (χ2v) is 3.15. The van der Waals surface area contributed by atoms with Gasteiger partial charge in [0.15, 0.2) is 11.6 Å². The van der Waals surface area contributed by atoms with Gasteiger partial charge in [-0.3, -0.25) is 0 Å². The summed E-state index contributed by atoms with van der Waals surface area (Å²) in [5.41, 5.74) is -0.142. The zero-order chi connectivity index (χ0) is 11.4. The maximum atomic E-state index is 13.1. The summed E-state index contributed by atoms with van der Waals surface area (Å²) in [5, 5.41) is 10.9. The molecule has 0 aliphatic carbocycles. The van der Waals surface area contributed by atoms with Crippen LogP contribution in [0.4, 0.5) is 18.9 Å². The lowest BCUT2D eigenvalue weighted by Crippen LogP contribution is -2.15. The molecule has 0 aromatic heterocycles. The highest BCUT2D eigenvalue weighted by molar-refractivity contribution is 5.46. The fourth-order valence-corrected chi connectivity index (χ4v) is 1.09. The van der Waals surface area contributed by atoms with Crippen molar-refractivity contribution < 1.29 is 13.2 Å². The molecule has 0 bridgehead atoms. The smallest absolute Gasteiger partial charge is 0.161 e. The van der Waals surface area contributed by atoms with Crippen molar-refractivity contribution in [2.45, 2.75) is 19.4 Å². The number of nitrogens with zero attached hydrogens (tertiary/aromatic N) is 1. The van der Waals surface area contributed by atoms with Crippen LogP contribution in [-0.2, 0) is 0 Å². The summed E-state index contributed by atoms with van der Waals surface area (Å²) in [6, 6.07) is 2.76. The van der Waals surface area contributed by atoms with E-state index in [2.05, 4.69) is 5.32 Å². The third-order valence-electron chi connectivity index (χ3n) is 1.81. The Bertz CT molecular complexity index is 398. The summed E-state index contributed by atoms with van der Waals surface area (Å²) >= 11 is 0. The van der Waals surface area contributed by atoms with E-state index in [0.717, 1.165) is 6.07 Å². The number of hydrogen-bond acceptors (Lipinski definition) is 2. The molecule has 0 aliphatic rings. The number of benzene rings is 1. The number of hydrogen-bond donors (Lipinski definition) is 1. The quantitative estimate of drug-likeness (QED) is 0.785. The van der Waals surface area contributed by atoms with Crippen LogP contribution in [0.2, 0.25) is 0 Å². The first-order valence-electron chi connectivity index (χ1n) is 4.32. The Morgan fingerprint density at radius 3 is 2.47 bits per heavy atom. The van der Waals surface area contributed by atoms with Crippen molar-refractivity contribution in [2.75, 3.05) is 5.32 Å². The van der Waals surface area contributed by atoms with Gasteiger partial charge in [0.1, 0.15) is 5.82 Å². The van der Waals surface area contributed by atoms with Crippen LogP contribution in [0, 0.1) is 28.8 Å². The largest absolute Gasteiger partial charge is 0.379 e. The predicted octanol–water partition coefficient (Wildman–Crippen LogP) is 2.82. The molecule has 1 rings (SSSR count). The Hall–Kier alpha value is -1.70. The molecule has 2 nitrogen and oxygen atoms in total. The monoisotopic (exact) mass is 214 g/mol. The normalized spacial score (nSPS) is 11.9. The van der Waals surface area contributed by atoms with E-state index >= 15 is 0 Å². The lowest BCUT2D eigenvalue weighted by Gasteiger charge is -2.12. The molecule has 0 spiro atoms. The predicted molar refractivity (Wildman–Crippen MR) is 49.6 cm³/mol. The maximum Gasteiger partial charge on any atom is 0.161 e. The van der Waals surface area contributed by atoms with E-state index in [9.17, 15) is 13.2 Å². The van der Waals surface area contributed by atoms with Crippen LogP contribution in [0.25, 0.3) is 0 Å². The van der Waals surface area contributed by atoms with Crippen molar-refractivity contribution in [3.05, 3.63) is 29.6 Å². The van der Waals surface area contributed by atoms with Gasteiger partial charge >= 0.3 is 0 Å². The summed E-state index contributed by atoms with van der Waals surface area (Å²) < 4.78 is 38.4. The van der Waals surface area contributed by atoms with E-state index in [0.29, 0.717) is 6.07 Å². The van der Waals surface area contributed by atoms with Crippen LogP contribution in [0.5, 0.6) is 0 Å². The Kier molecular flexibility index (Phi) is 3.56. The molecule has 0 heterocycles. The highest BCUT2D eigenvalue weighted by atomic mass is 19.2. The Labute approximate surface area is 85.3 Å². The van der Waals surface area contributed by atoms with Gasteiger partial charge in [-0.2, -0.15) is 5.26 Å². The average Bonchev–Trinajstić information content (AvgIpc) is 2.14. The van der Waals surface area contributed by atoms with E-state index in [1.54, 1.807) is 6.92 Å². The topological polar surface area (TPSA) is 35.8 Å². The zero-order valence-corrected chi connectivity index (χ0v) is 8.02. The molecule has 1 unspecified atom stereocenters. The second-order valence-electron chi connectivity index (χ2n) is 3.15. The number of rotatable bonds is 3. The van der Waals surface area contributed by atoms with Gasteiger partial charge in [-0.1, -0.05) is 0 Å². The van der Waals surface area contributed by atoms with Gasteiger partial charge in [-0.25, -0.2) is 13.2 Å². The van der Waals surface area contributed by atoms with E-state index in [4.69, 9.17) is 5.26 Å². The van der Waals surface area contributed by atoms with Crippen molar-refractivity contribution in [3.8, 4) is 6.07 Å². The molecule has 80 valence electrons. The third-order valence-corrected chi connectivity index (χ3v) is 1.81. The molecule has 0 amide bonds. The molecule has 1 N–H and O–H groups in total. The fourth-order valence-electron chi connectivity index (χ4n) is 1.09. The average molecular weight is 214 g/mol. The molecular formula is C10H9F3N2. The van der Waals surface area contributed by atoms with Gasteiger partial charge in [-0.05, 0) is 6.92 Å². The van der Waals surface area contributed by atoms with Crippen LogP contribution >= 0.6 is 0 Å². The van der Waals surface area contributed by atoms with Crippen molar-refractivity contribution in [3.63, 3.8) is 0 Å².